The van der Waals surface area contributed by atoms with Gasteiger partial charge in [-0.1, -0.05) is 0 Å². The Morgan fingerprint density at radius 2 is 2.35 bits per heavy atom. The molecule has 3 N–H and O–H groups in total. The fraction of sp³-hybridized carbons (Fsp3) is 0.417. The first-order chi connectivity index (χ1) is 8.11. The quantitative estimate of drug-likeness (QED) is 0.589. The Hall–Kier alpha value is -1.75. The van der Waals surface area contributed by atoms with Gasteiger partial charge >= 0.3 is 0 Å². The number of nitrogens with zero attached hydrogens (tertiary/aromatic N) is 1. The van der Waals surface area contributed by atoms with Gasteiger partial charge in [-0.2, -0.15) is 0 Å². The molecule has 1 heterocycles. The third-order valence-corrected chi connectivity index (χ3v) is 3.04. The summed E-state index contributed by atoms with van der Waals surface area (Å²) in [6, 6.07) is 4.56. The second-order valence-corrected chi connectivity index (χ2v) is 4.17. The molecule has 0 spiro atoms. The Morgan fingerprint density at radius 1 is 1.59 bits per heavy atom. The lowest BCUT2D eigenvalue weighted by Gasteiger charge is -2.16. The van der Waals surface area contributed by atoms with E-state index < -0.39 is 0 Å². The fourth-order valence-corrected chi connectivity index (χ4v) is 1.96. The lowest BCUT2D eigenvalue weighted by atomic mass is 10.1. The lowest BCUT2D eigenvalue weighted by Crippen LogP contribution is -2.29. The van der Waals surface area contributed by atoms with Crippen LogP contribution in [0.25, 0.3) is 0 Å². The minimum atomic E-state index is -0.0974. The SMILES string of the molecule is COC1CCN(C(=O)c2ccc(N)c(O)c2)C1. The number of hydrogen-bond acceptors (Lipinski definition) is 4. The molecular formula is C12H16N2O3. The predicted octanol–water partition coefficient (Wildman–Crippen LogP) is 0.835. The Kier molecular flexibility index (Phi) is 3.19. The normalized spacial score (nSPS) is 19.6. The molecule has 5 heteroatoms. The van der Waals surface area contributed by atoms with Gasteiger partial charge < -0.3 is 20.5 Å². The Bertz CT molecular complexity index is 434. The number of nitrogens with two attached hydrogens (primary N) is 1. The van der Waals surface area contributed by atoms with Crippen molar-refractivity contribution in [2.75, 3.05) is 25.9 Å². The highest BCUT2D eigenvalue weighted by Gasteiger charge is 2.26. The first-order valence-electron chi connectivity index (χ1n) is 5.52. The third-order valence-electron chi connectivity index (χ3n) is 3.04. The van der Waals surface area contributed by atoms with E-state index in [9.17, 15) is 9.90 Å². The highest BCUT2D eigenvalue weighted by atomic mass is 16.5. The van der Waals surface area contributed by atoms with Gasteiger partial charge in [0, 0.05) is 25.8 Å². The number of ether oxygens (including phenoxy) is 1. The molecule has 17 heavy (non-hydrogen) atoms. The van der Waals surface area contributed by atoms with E-state index in [1.54, 1.807) is 18.1 Å². The van der Waals surface area contributed by atoms with E-state index in [2.05, 4.69) is 0 Å². The number of amides is 1. The molecule has 0 bridgehead atoms. The highest BCUT2D eigenvalue weighted by molar-refractivity contribution is 5.95. The zero-order chi connectivity index (χ0) is 12.4. The summed E-state index contributed by atoms with van der Waals surface area (Å²) in [5.41, 5.74) is 6.22. The first-order valence-corrected chi connectivity index (χ1v) is 5.52. The maximum atomic E-state index is 12.1. The molecule has 1 atom stereocenters. The van der Waals surface area contributed by atoms with Gasteiger partial charge in [0.15, 0.2) is 0 Å². The van der Waals surface area contributed by atoms with Crippen molar-refractivity contribution in [1.82, 2.24) is 4.90 Å². The number of rotatable bonds is 2. The maximum absolute atomic E-state index is 12.1. The van der Waals surface area contributed by atoms with Crippen LogP contribution < -0.4 is 5.73 Å². The number of carbonyl (C=O) groups excluding carboxylic acids is 1. The highest BCUT2D eigenvalue weighted by Crippen LogP contribution is 2.23. The third kappa shape index (κ3) is 2.34. The van der Waals surface area contributed by atoms with Crippen molar-refractivity contribution < 1.29 is 14.6 Å². The summed E-state index contributed by atoms with van der Waals surface area (Å²) < 4.78 is 5.21. The van der Waals surface area contributed by atoms with Crippen LogP contribution in [0.15, 0.2) is 18.2 Å². The standard InChI is InChI=1S/C12H16N2O3/c1-17-9-4-5-14(7-9)12(16)8-2-3-10(13)11(15)6-8/h2-3,6,9,15H,4-5,7,13H2,1H3. The topological polar surface area (TPSA) is 75.8 Å². The van der Waals surface area contributed by atoms with Gasteiger partial charge in [0.1, 0.15) is 5.75 Å². The number of nitrogen functional groups attached to an aromatic ring is 1. The number of aromatic hydroxyl groups is 1. The van der Waals surface area contributed by atoms with Crippen molar-refractivity contribution >= 4 is 11.6 Å². The molecule has 1 aromatic rings. The number of likely N-dealkylation sites (tertiary alicyclic amines) is 1. The molecule has 92 valence electrons. The van der Waals surface area contributed by atoms with E-state index in [0.717, 1.165) is 6.42 Å². The maximum Gasteiger partial charge on any atom is 0.254 e. The van der Waals surface area contributed by atoms with Gasteiger partial charge in [-0.15, -0.1) is 0 Å². The molecule has 1 unspecified atom stereocenters. The summed E-state index contributed by atoms with van der Waals surface area (Å²) >= 11 is 0. The van der Waals surface area contributed by atoms with Crippen LogP contribution >= 0.6 is 0 Å². The van der Waals surface area contributed by atoms with Gasteiger partial charge in [0.25, 0.3) is 5.91 Å². The van der Waals surface area contributed by atoms with E-state index in [0.29, 0.717) is 18.7 Å². The Morgan fingerprint density at radius 3 is 2.94 bits per heavy atom. The molecule has 0 aromatic heterocycles. The second kappa shape index (κ2) is 4.63. The fourth-order valence-electron chi connectivity index (χ4n) is 1.96. The number of hydrogen-bond donors (Lipinski definition) is 2. The van der Waals surface area contributed by atoms with Gasteiger partial charge in [-0.05, 0) is 24.6 Å². The summed E-state index contributed by atoms with van der Waals surface area (Å²) in [6.45, 7) is 1.28. The van der Waals surface area contributed by atoms with Gasteiger partial charge in [-0.25, -0.2) is 0 Å². The second-order valence-electron chi connectivity index (χ2n) is 4.17. The van der Waals surface area contributed by atoms with E-state index >= 15 is 0 Å². The number of anilines is 1. The summed E-state index contributed by atoms with van der Waals surface area (Å²) in [6.07, 6.45) is 0.963. The summed E-state index contributed by atoms with van der Waals surface area (Å²) in [5.74, 6) is -0.154. The molecule has 2 rings (SSSR count). The number of carbonyl (C=O) groups is 1. The number of phenolic OH excluding ortho intramolecular Hbond substituents is 1. The van der Waals surface area contributed by atoms with Crippen molar-refractivity contribution in [2.45, 2.75) is 12.5 Å². The molecule has 1 aliphatic heterocycles. The van der Waals surface area contributed by atoms with E-state index in [-0.39, 0.29) is 23.4 Å². The van der Waals surface area contributed by atoms with Crippen LogP contribution in [0.5, 0.6) is 5.75 Å². The number of phenols is 1. The van der Waals surface area contributed by atoms with E-state index in [1.165, 1.54) is 12.1 Å². The van der Waals surface area contributed by atoms with Gasteiger partial charge in [-0.3, -0.25) is 4.79 Å². The van der Waals surface area contributed by atoms with Crippen molar-refractivity contribution in [3.05, 3.63) is 23.8 Å². The average molecular weight is 236 g/mol. The number of methoxy groups -OCH3 is 1. The lowest BCUT2D eigenvalue weighted by molar-refractivity contribution is 0.0724. The molecule has 1 fully saturated rings. The van der Waals surface area contributed by atoms with Crippen molar-refractivity contribution in [2.24, 2.45) is 0 Å². The Labute approximate surface area is 99.8 Å². The summed E-state index contributed by atoms with van der Waals surface area (Å²) in [7, 11) is 1.65. The van der Waals surface area contributed by atoms with Crippen molar-refractivity contribution in [1.29, 1.82) is 0 Å². The molecule has 0 aliphatic carbocycles. The van der Waals surface area contributed by atoms with Gasteiger partial charge in [0.2, 0.25) is 0 Å². The molecule has 1 aromatic carbocycles. The molecule has 1 aliphatic rings. The average Bonchev–Trinajstić information content (AvgIpc) is 2.80. The minimum absolute atomic E-state index is 0.0571. The van der Waals surface area contributed by atoms with Crippen LogP contribution in [0.4, 0.5) is 5.69 Å². The van der Waals surface area contributed by atoms with Crippen LogP contribution in [-0.4, -0.2) is 42.2 Å². The van der Waals surface area contributed by atoms with Crippen molar-refractivity contribution in [3.63, 3.8) is 0 Å². The molecule has 0 radical (unpaired) electrons. The molecule has 0 saturated carbocycles. The van der Waals surface area contributed by atoms with Crippen LogP contribution in [0.2, 0.25) is 0 Å². The smallest absolute Gasteiger partial charge is 0.254 e. The first kappa shape index (κ1) is 11.7. The van der Waals surface area contributed by atoms with Crippen LogP contribution in [0.1, 0.15) is 16.8 Å². The van der Waals surface area contributed by atoms with Crippen LogP contribution in [0, 0.1) is 0 Å². The van der Waals surface area contributed by atoms with Crippen LogP contribution in [-0.2, 0) is 4.74 Å². The molecule has 1 amide bonds. The summed E-state index contributed by atoms with van der Waals surface area (Å²) in [5, 5.41) is 9.47. The van der Waals surface area contributed by atoms with Crippen LogP contribution in [0.3, 0.4) is 0 Å². The number of benzene rings is 1. The minimum Gasteiger partial charge on any atom is -0.506 e. The largest absolute Gasteiger partial charge is 0.506 e. The van der Waals surface area contributed by atoms with Gasteiger partial charge in [0.05, 0.1) is 11.8 Å². The monoisotopic (exact) mass is 236 g/mol. The van der Waals surface area contributed by atoms with E-state index in [1.807, 2.05) is 0 Å². The molecule has 1 saturated heterocycles. The Balaban J connectivity index is 2.12. The summed E-state index contributed by atoms with van der Waals surface area (Å²) in [4.78, 5) is 13.8. The molecular weight excluding hydrogens is 220 g/mol. The zero-order valence-corrected chi connectivity index (χ0v) is 9.72. The van der Waals surface area contributed by atoms with Crippen molar-refractivity contribution in [3.8, 4) is 5.75 Å². The zero-order valence-electron chi connectivity index (χ0n) is 9.72. The molecule has 5 nitrogen and oxygen atoms in total. The van der Waals surface area contributed by atoms with E-state index in [4.69, 9.17) is 10.5 Å². The predicted molar refractivity (Wildman–Crippen MR) is 63.8 cm³/mol.